The molecule has 1 N–H and O–H groups in total. The molecule has 0 aliphatic rings. The van der Waals surface area contributed by atoms with Gasteiger partial charge in [-0.3, -0.25) is 4.79 Å². The van der Waals surface area contributed by atoms with Crippen LogP contribution in [0.1, 0.15) is 15.9 Å². The lowest BCUT2D eigenvalue weighted by Gasteiger charge is -2.08. The van der Waals surface area contributed by atoms with Crippen LogP contribution < -0.4 is 5.32 Å². The molecule has 2 aromatic rings. The Labute approximate surface area is 127 Å². The largest absolute Gasteiger partial charge is 0.452 e. The van der Waals surface area contributed by atoms with Gasteiger partial charge in [-0.15, -0.1) is 0 Å². The highest BCUT2D eigenvalue weighted by molar-refractivity contribution is 6.31. The molecule has 0 atom stereocenters. The summed E-state index contributed by atoms with van der Waals surface area (Å²) < 4.78 is 4.94. The van der Waals surface area contributed by atoms with E-state index >= 15 is 0 Å². The van der Waals surface area contributed by atoms with Gasteiger partial charge in [-0.05, 0) is 42.8 Å². The van der Waals surface area contributed by atoms with Gasteiger partial charge in [0, 0.05) is 10.7 Å². The Morgan fingerprint density at radius 2 is 1.86 bits per heavy atom. The van der Waals surface area contributed by atoms with E-state index in [4.69, 9.17) is 16.3 Å². The smallest absolute Gasteiger partial charge is 0.338 e. The molecule has 4 nitrogen and oxygen atoms in total. The molecule has 0 unspecified atom stereocenters. The van der Waals surface area contributed by atoms with Gasteiger partial charge in [0.1, 0.15) is 0 Å². The van der Waals surface area contributed by atoms with Crippen LogP contribution in [0.5, 0.6) is 0 Å². The van der Waals surface area contributed by atoms with Crippen LogP contribution in [0.25, 0.3) is 0 Å². The van der Waals surface area contributed by atoms with Crippen molar-refractivity contribution in [3.63, 3.8) is 0 Å². The summed E-state index contributed by atoms with van der Waals surface area (Å²) in [7, 11) is 0. The number of aryl methyl sites for hydroxylation is 1. The van der Waals surface area contributed by atoms with Gasteiger partial charge in [0.15, 0.2) is 6.61 Å². The molecule has 0 spiro atoms. The van der Waals surface area contributed by atoms with Crippen LogP contribution in [0.4, 0.5) is 5.69 Å². The molecule has 0 saturated carbocycles. The third-order valence-electron chi connectivity index (χ3n) is 2.79. The monoisotopic (exact) mass is 303 g/mol. The van der Waals surface area contributed by atoms with E-state index in [1.54, 1.807) is 48.5 Å². The van der Waals surface area contributed by atoms with Crippen LogP contribution in [-0.4, -0.2) is 18.5 Å². The number of amides is 1. The number of rotatable bonds is 4. The number of ether oxygens (including phenoxy) is 1. The molecule has 108 valence electrons. The lowest BCUT2D eigenvalue weighted by Crippen LogP contribution is -2.20. The van der Waals surface area contributed by atoms with E-state index in [1.165, 1.54) is 0 Å². The molecule has 0 heterocycles. The number of benzene rings is 2. The fourth-order valence-corrected chi connectivity index (χ4v) is 1.83. The maximum absolute atomic E-state index is 11.7. The number of hydrogen-bond acceptors (Lipinski definition) is 3. The molecule has 5 heteroatoms. The number of carbonyl (C=O) groups is 2. The Hall–Kier alpha value is -2.33. The van der Waals surface area contributed by atoms with Crippen LogP contribution >= 0.6 is 11.6 Å². The maximum atomic E-state index is 11.7. The third-order valence-corrected chi connectivity index (χ3v) is 3.21. The van der Waals surface area contributed by atoms with Gasteiger partial charge in [-0.2, -0.15) is 0 Å². The van der Waals surface area contributed by atoms with E-state index in [9.17, 15) is 9.59 Å². The second-order valence-corrected chi connectivity index (χ2v) is 4.86. The van der Waals surface area contributed by atoms with Gasteiger partial charge in [-0.1, -0.05) is 29.8 Å². The molecule has 21 heavy (non-hydrogen) atoms. The number of esters is 1. The first-order valence-corrected chi connectivity index (χ1v) is 6.72. The minimum Gasteiger partial charge on any atom is -0.452 e. The zero-order chi connectivity index (χ0) is 15.2. The molecule has 0 aliphatic heterocycles. The molecular weight excluding hydrogens is 290 g/mol. The lowest BCUT2D eigenvalue weighted by molar-refractivity contribution is -0.119. The average molecular weight is 304 g/mol. The highest BCUT2D eigenvalue weighted by Crippen LogP contribution is 2.19. The summed E-state index contributed by atoms with van der Waals surface area (Å²) in [5.41, 5.74) is 1.88. The predicted octanol–water partition coefficient (Wildman–Crippen LogP) is 3.44. The Kier molecular flexibility index (Phi) is 4.95. The summed E-state index contributed by atoms with van der Waals surface area (Å²) in [6, 6.07) is 13.6. The molecule has 0 aliphatic carbocycles. The Morgan fingerprint density at radius 1 is 1.14 bits per heavy atom. The second-order valence-electron chi connectivity index (χ2n) is 4.45. The second kappa shape index (κ2) is 6.90. The van der Waals surface area contributed by atoms with Crippen molar-refractivity contribution >= 4 is 29.2 Å². The van der Waals surface area contributed by atoms with E-state index in [-0.39, 0.29) is 6.61 Å². The van der Waals surface area contributed by atoms with Crippen molar-refractivity contribution in [2.75, 3.05) is 11.9 Å². The van der Waals surface area contributed by atoms with E-state index in [0.29, 0.717) is 16.3 Å². The van der Waals surface area contributed by atoms with E-state index < -0.39 is 11.9 Å². The zero-order valence-electron chi connectivity index (χ0n) is 11.4. The van der Waals surface area contributed by atoms with Crippen LogP contribution in [0.15, 0.2) is 48.5 Å². The maximum Gasteiger partial charge on any atom is 0.338 e. The Balaban J connectivity index is 1.87. The summed E-state index contributed by atoms with van der Waals surface area (Å²) in [6.45, 7) is 1.50. The summed E-state index contributed by atoms with van der Waals surface area (Å²) in [6.07, 6.45) is 0. The van der Waals surface area contributed by atoms with Gasteiger partial charge in [0.05, 0.1) is 5.56 Å². The average Bonchev–Trinajstić information content (AvgIpc) is 2.49. The van der Waals surface area contributed by atoms with E-state index in [1.807, 2.05) is 6.92 Å². The molecule has 2 aromatic carbocycles. The van der Waals surface area contributed by atoms with Gasteiger partial charge in [0.25, 0.3) is 5.91 Å². The Morgan fingerprint density at radius 3 is 2.52 bits per heavy atom. The SMILES string of the molecule is Cc1cc(NC(=O)COC(=O)c2ccccc2)ccc1Cl. The highest BCUT2D eigenvalue weighted by Gasteiger charge is 2.10. The minimum atomic E-state index is -0.530. The van der Waals surface area contributed by atoms with Crippen LogP contribution in [0.2, 0.25) is 5.02 Å². The van der Waals surface area contributed by atoms with E-state index in [2.05, 4.69) is 5.32 Å². The van der Waals surface area contributed by atoms with Gasteiger partial charge < -0.3 is 10.1 Å². The zero-order valence-corrected chi connectivity index (χ0v) is 12.2. The van der Waals surface area contributed by atoms with Crippen molar-refractivity contribution < 1.29 is 14.3 Å². The first-order valence-electron chi connectivity index (χ1n) is 6.34. The topological polar surface area (TPSA) is 55.4 Å². The normalized spacial score (nSPS) is 10.0. The van der Waals surface area contributed by atoms with Crippen LogP contribution in [-0.2, 0) is 9.53 Å². The molecule has 2 rings (SSSR count). The fraction of sp³-hybridized carbons (Fsp3) is 0.125. The number of halogens is 1. The molecule has 0 fully saturated rings. The fourth-order valence-electron chi connectivity index (χ4n) is 1.71. The minimum absolute atomic E-state index is 0.338. The lowest BCUT2D eigenvalue weighted by atomic mass is 10.2. The number of anilines is 1. The number of nitrogens with one attached hydrogen (secondary N) is 1. The summed E-state index contributed by atoms with van der Waals surface area (Å²) in [5, 5.41) is 3.27. The summed E-state index contributed by atoms with van der Waals surface area (Å²) in [4.78, 5) is 23.4. The standard InChI is InChI=1S/C16H14ClNO3/c1-11-9-13(7-8-14(11)17)18-15(19)10-21-16(20)12-5-3-2-4-6-12/h2-9H,10H2,1H3,(H,18,19). The number of hydrogen-bond donors (Lipinski definition) is 1. The summed E-state index contributed by atoms with van der Waals surface area (Å²) >= 11 is 5.91. The molecule has 0 aromatic heterocycles. The predicted molar refractivity (Wildman–Crippen MR) is 81.5 cm³/mol. The van der Waals surface area contributed by atoms with Crippen LogP contribution in [0.3, 0.4) is 0 Å². The molecular formula is C16H14ClNO3. The van der Waals surface area contributed by atoms with Crippen molar-refractivity contribution in [1.29, 1.82) is 0 Å². The molecule has 0 bridgehead atoms. The quantitative estimate of drug-likeness (QED) is 0.880. The van der Waals surface area contributed by atoms with Crippen molar-refractivity contribution in [2.45, 2.75) is 6.92 Å². The van der Waals surface area contributed by atoms with Crippen molar-refractivity contribution in [1.82, 2.24) is 0 Å². The third kappa shape index (κ3) is 4.33. The molecule has 0 radical (unpaired) electrons. The highest BCUT2D eigenvalue weighted by atomic mass is 35.5. The Bertz CT molecular complexity index is 656. The van der Waals surface area contributed by atoms with Gasteiger partial charge in [0.2, 0.25) is 0 Å². The van der Waals surface area contributed by atoms with Gasteiger partial charge >= 0.3 is 5.97 Å². The van der Waals surface area contributed by atoms with E-state index in [0.717, 1.165) is 5.56 Å². The molecule has 0 saturated heterocycles. The first kappa shape index (κ1) is 15.1. The summed E-state index contributed by atoms with van der Waals surface area (Å²) in [5.74, 6) is -0.931. The van der Waals surface area contributed by atoms with Crippen molar-refractivity contribution in [3.05, 3.63) is 64.7 Å². The van der Waals surface area contributed by atoms with Crippen molar-refractivity contribution in [2.24, 2.45) is 0 Å². The van der Waals surface area contributed by atoms with Crippen LogP contribution in [0, 0.1) is 6.92 Å². The molecule has 1 amide bonds. The van der Waals surface area contributed by atoms with Gasteiger partial charge in [-0.25, -0.2) is 4.79 Å². The first-order chi connectivity index (χ1) is 10.1. The van der Waals surface area contributed by atoms with Crippen molar-refractivity contribution in [3.8, 4) is 0 Å². The number of carbonyl (C=O) groups excluding carboxylic acids is 2.